The number of thiophene rings is 1. The third-order valence-electron chi connectivity index (χ3n) is 3.88. The average molecular weight is 268 g/mol. The lowest BCUT2D eigenvalue weighted by molar-refractivity contribution is 0.150. The van der Waals surface area contributed by atoms with E-state index < -0.39 is 0 Å². The first-order chi connectivity index (χ1) is 8.43. The van der Waals surface area contributed by atoms with Crippen LogP contribution in [0.2, 0.25) is 0 Å². The number of hydrogen-bond acceptors (Lipinski definition) is 3. The zero-order valence-electron chi connectivity index (χ0n) is 12.6. The summed E-state index contributed by atoms with van der Waals surface area (Å²) in [6.07, 6.45) is 0. The van der Waals surface area contributed by atoms with Crippen molar-refractivity contribution in [1.29, 1.82) is 0 Å². The van der Waals surface area contributed by atoms with E-state index in [1.54, 1.807) is 0 Å². The van der Waals surface area contributed by atoms with Gasteiger partial charge in [-0.2, -0.15) is 0 Å². The second kappa shape index (κ2) is 7.27. The largest absolute Gasteiger partial charge is 0.314 e. The van der Waals surface area contributed by atoms with Crippen LogP contribution in [0, 0.1) is 5.92 Å². The molecule has 0 fully saturated rings. The fourth-order valence-corrected chi connectivity index (χ4v) is 2.91. The van der Waals surface area contributed by atoms with Crippen LogP contribution in [-0.4, -0.2) is 30.6 Å². The van der Waals surface area contributed by atoms with Crippen LogP contribution in [0.25, 0.3) is 0 Å². The number of nitrogens with one attached hydrogen (secondary N) is 1. The quantitative estimate of drug-likeness (QED) is 0.810. The molecule has 0 aliphatic carbocycles. The Labute approximate surface area is 116 Å². The Balaban J connectivity index is 2.52. The van der Waals surface area contributed by atoms with E-state index in [1.165, 1.54) is 4.88 Å². The molecule has 18 heavy (non-hydrogen) atoms. The summed E-state index contributed by atoms with van der Waals surface area (Å²) in [5, 5.41) is 5.69. The molecule has 0 aliphatic rings. The molecular formula is C15H28N2S. The van der Waals surface area contributed by atoms with E-state index in [0.29, 0.717) is 24.0 Å². The molecule has 104 valence electrons. The first-order valence-electron chi connectivity index (χ1n) is 6.92. The summed E-state index contributed by atoms with van der Waals surface area (Å²) >= 11 is 1.85. The van der Waals surface area contributed by atoms with Crippen LogP contribution in [0.1, 0.15) is 45.5 Å². The lowest BCUT2D eigenvalue weighted by atomic mass is 10.0. The molecule has 1 N–H and O–H groups in total. The highest BCUT2D eigenvalue weighted by molar-refractivity contribution is 7.10. The third kappa shape index (κ3) is 4.38. The molecule has 0 radical (unpaired) electrons. The summed E-state index contributed by atoms with van der Waals surface area (Å²) in [6, 6.07) is 6.02. The minimum atomic E-state index is 0.501. The third-order valence-corrected chi connectivity index (χ3v) is 4.92. The van der Waals surface area contributed by atoms with E-state index in [0.717, 1.165) is 6.54 Å². The molecule has 1 aromatic rings. The number of hydrogen-bond donors (Lipinski definition) is 1. The number of nitrogens with zero attached hydrogens (tertiary/aromatic N) is 1. The molecule has 3 unspecified atom stereocenters. The predicted molar refractivity (Wildman–Crippen MR) is 82.3 cm³/mol. The zero-order chi connectivity index (χ0) is 13.7. The van der Waals surface area contributed by atoms with Gasteiger partial charge >= 0.3 is 0 Å². The molecule has 3 atom stereocenters. The topological polar surface area (TPSA) is 15.3 Å². The fourth-order valence-electron chi connectivity index (χ4n) is 2.08. The Morgan fingerprint density at radius 3 is 2.39 bits per heavy atom. The molecule has 0 spiro atoms. The lowest BCUT2D eigenvalue weighted by Crippen LogP contribution is -2.41. The van der Waals surface area contributed by atoms with E-state index in [4.69, 9.17) is 0 Å². The SMILES string of the molecule is CC(C)NCC(C)C(C)N(C)C(C)c1cccs1. The minimum absolute atomic E-state index is 0.501. The van der Waals surface area contributed by atoms with Crippen molar-refractivity contribution in [1.82, 2.24) is 10.2 Å². The fraction of sp³-hybridized carbons (Fsp3) is 0.733. The van der Waals surface area contributed by atoms with Gasteiger partial charge in [0.2, 0.25) is 0 Å². The van der Waals surface area contributed by atoms with Crippen molar-refractivity contribution in [3.05, 3.63) is 22.4 Å². The van der Waals surface area contributed by atoms with Gasteiger partial charge in [0.25, 0.3) is 0 Å². The summed E-state index contributed by atoms with van der Waals surface area (Å²) in [4.78, 5) is 3.94. The van der Waals surface area contributed by atoms with Gasteiger partial charge in [-0.3, -0.25) is 4.90 Å². The summed E-state index contributed by atoms with van der Waals surface area (Å²) in [6.45, 7) is 12.4. The molecule has 0 bridgehead atoms. The van der Waals surface area contributed by atoms with Gasteiger partial charge in [0.1, 0.15) is 0 Å². The highest BCUT2D eigenvalue weighted by Gasteiger charge is 2.22. The summed E-state index contributed by atoms with van der Waals surface area (Å²) < 4.78 is 0. The predicted octanol–water partition coefficient (Wildman–Crippen LogP) is 3.76. The van der Waals surface area contributed by atoms with E-state index in [2.05, 4.69) is 69.4 Å². The lowest BCUT2D eigenvalue weighted by Gasteiger charge is -2.34. The van der Waals surface area contributed by atoms with E-state index in [1.807, 2.05) is 11.3 Å². The second-order valence-corrected chi connectivity index (χ2v) is 6.62. The smallest absolute Gasteiger partial charge is 0.0413 e. The van der Waals surface area contributed by atoms with Crippen molar-refractivity contribution in [2.24, 2.45) is 5.92 Å². The normalized spacial score (nSPS) is 17.1. The number of rotatable bonds is 7. The van der Waals surface area contributed by atoms with Crippen molar-refractivity contribution in [2.75, 3.05) is 13.6 Å². The Morgan fingerprint density at radius 2 is 1.89 bits per heavy atom. The van der Waals surface area contributed by atoms with Gasteiger partial charge in [-0.25, -0.2) is 0 Å². The Bertz CT molecular complexity index is 321. The molecular weight excluding hydrogens is 240 g/mol. The summed E-state index contributed by atoms with van der Waals surface area (Å²) in [5.74, 6) is 0.653. The Morgan fingerprint density at radius 1 is 1.22 bits per heavy atom. The maximum atomic E-state index is 3.53. The van der Waals surface area contributed by atoms with Crippen LogP contribution < -0.4 is 5.32 Å². The average Bonchev–Trinajstić information content (AvgIpc) is 2.86. The summed E-state index contributed by atoms with van der Waals surface area (Å²) in [5.41, 5.74) is 0. The van der Waals surface area contributed by atoms with Crippen LogP contribution >= 0.6 is 11.3 Å². The minimum Gasteiger partial charge on any atom is -0.314 e. The van der Waals surface area contributed by atoms with E-state index in [9.17, 15) is 0 Å². The maximum absolute atomic E-state index is 3.53. The van der Waals surface area contributed by atoms with E-state index >= 15 is 0 Å². The molecule has 1 aromatic heterocycles. The van der Waals surface area contributed by atoms with Crippen molar-refractivity contribution >= 4 is 11.3 Å². The first kappa shape index (κ1) is 15.7. The van der Waals surface area contributed by atoms with Crippen LogP contribution in [0.15, 0.2) is 17.5 Å². The van der Waals surface area contributed by atoms with Gasteiger partial charge in [-0.05, 0) is 44.8 Å². The molecule has 0 saturated carbocycles. The van der Waals surface area contributed by atoms with Crippen LogP contribution in [0.5, 0.6) is 0 Å². The van der Waals surface area contributed by atoms with Crippen molar-refractivity contribution in [2.45, 2.75) is 52.7 Å². The van der Waals surface area contributed by atoms with Gasteiger partial charge < -0.3 is 5.32 Å². The maximum Gasteiger partial charge on any atom is 0.0413 e. The molecule has 0 aliphatic heterocycles. The van der Waals surface area contributed by atoms with Crippen molar-refractivity contribution < 1.29 is 0 Å². The molecule has 2 nitrogen and oxygen atoms in total. The van der Waals surface area contributed by atoms with E-state index in [-0.39, 0.29) is 0 Å². The molecule has 0 aromatic carbocycles. The van der Waals surface area contributed by atoms with Gasteiger partial charge in [0.15, 0.2) is 0 Å². The van der Waals surface area contributed by atoms with Crippen LogP contribution in [0.4, 0.5) is 0 Å². The van der Waals surface area contributed by atoms with Crippen LogP contribution in [0.3, 0.4) is 0 Å². The van der Waals surface area contributed by atoms with Crippen molar-refractivity contribution in [3.8, 4) is 0 Å². The van der Waals surface area contributed by atoms with Crippen molar-refractivity contribution in [3.63, 3.8) is 0 Å². The molecule has 0 amide bonds. The van der Waals surface area contributed by atoms with Gasteiger partial charge in [0.05, 0.1) is 0 Å². The van der Waals surface area contributed by atoms with Gasteiger partial charge in [-0.1, -0.05) is 26.8 Å². The molecule has 1 heterocycles. The Kier molecular flexibility index (Phi) is 6.33. The second-order valence-electron chi connectivity index (χ2n) is 5.64. The molecule has 3 heteroatoms. The van der Waals surface area contributed by atoms with Gasteiger partial charge in [-0.15, -0.1) is 11.3 Å². The zero-order valence-corrected chi connectivity index (χ0v) is 13.4. The highest BCUT2D eigenvalue weighted by Crippen LogP contribution is 2.26. The Hall–Kier alpha value is -0.380. The molecule has 0 saturated heterocycles. The standard InChI is InChI=1S/C15H28N2S/c1-11(2)16-10-12(3)13(4)17(6)14(5)15-8-7-9-18-15/h7-9,11-14,16H,10H2,1-6H3. The first-order valence-corrected chi connectivity index (χ1v) is 7.80. The highest BCUT2D eigenvalue weighted by atomic mass is 32.1. The van der Waals surface area contributed by atoms with Crippen LogP contribution in [-0.2, 0) is 0 Å². The monoisotopic (exact) mass is 268 g/mol. The molecule has 1 rings (SSSR count). The summed E-state index contributed by atoms with van der Waals surface area (Å²) in [7, 11) is 2.24. The van der Waals surface area contributed by atoms with Gasteiger partial charge in [0, 0.05) is 23.0 Å².